The highest BCUT2D eigenvalue weighted by Gasteiger charge is 2.20. The number of H-pyrrole nitrogens is 1. The number of nitrogens with one attached hydrogen (secondary N) is 2. The Hall–Kier alpha value is -4.46. The van der Waals surface area contributed by atoms with Gasteiger partial charge in [0.1, 0.15) is 5.82 Å². The highest BCUT2D eigenvalue weighted by Crippen LogP contribution is 2.21. The number of aromatic amines is 1. The molecule has 0 fully saturated rings. The highest BCUT2D eigenvalue weighted by molar-refractivity contribution is 5.99. The van der Waals surface area contributed by atoms with E-state index in [4.69, 9.17) is 10.5 Å². The summed E-state index contributed by atoms with van der Waals surface area (Å²) in [6, 6.07) is 20.7. The molecular weight excluding hydrogens is 408 g/mol. The second-order valence-corrected chi connectivity index (χ2v) is 7.16. The fraction of sp³-hybridized carbons (Fsp3) is 0.0833. The summed E-state index contributed by atoms with van der Waals surface area (Å²) in [6.45, 7) is 1.48. The summed E-state index contributed by atoms with van der Waals surface area (Å²) >= 11 is 0. The third-order valence-electron chi connectivity index (χ3n) is 4.85. The summed E-state index contributed by atoms with van der Waals surface area (Å²) < 4.78 is 5.31. The van der Waals surface area contributed by atoms with Crippen molar-refractivity contribution >= 4 is 34.5 Å². The number of amides is 2. The van der Waals surface area contributed by atoms with Crippen molar-refractivity contribution in [2.75, 3.05) is 5.32 Å². The number of esters is 1. The predicted octanol–water partition coefficient (Wildman–Crippen LogP) is 3.51. The largest absolute Gasteiger partial charge is 0.449 e. The van der Waals surface area contributed by atoms with Crippen LogP contribution in [0.3, 0.4) is 0 Å². The van der Waals surface area contributed by atoms with Crippen molar-refractivity contribution in [1.29, 1.82) is 0 Å². The fourth-order valence-corrected chi connectivity index (χ4v) is 3.11. The van der Waals surface area contributed by atoms with Crippen LogP contribution in [0.15, 0.2) is 72.8 Å². The summed E-state index contributed by atoms with van der Waals surface area (Å²) in [5.41, 5.74) is 8.61. The molecule has 1 heterocycles. The van der Waals surface area contributed by atoms with Crippen molar-refractivity contribution in [2.24, 2.45) is 5.73 Å². The maximum Gasteiger partial charge on any atom is 0.338 e. The summed E-state index contributed by atoms with van der Waals surface area (Å²) in [5, 5.41) is 2.63. The van der Waals surface area contributed by atoms with Gasteiger partial charge in [-0.3, -0.25) is 9.59 Å². The Kier molecular flexibility index (Phi) is 5.67. The quantitative estimate of drug-likeness (QED) is 0.405. The number of carbonyl (C=O) groups is 3. The fourth-order valence-electron chi connectivity index (χ4n) is 3.11. The molecule has 1 atom stereocenters. The van der Waals surface area contributed by atoms with Gasteiger partial charge in [-0.2, -0.15) is 0 Å². The zero-order valence-corrected chi connectivity index (χ0v) is 17.2. The van der Waals surface area contributed by atoms with Crippen molar-refractivity contribution < 1.29 is 19.1 Å². The average molecular weight is 428 g/mol. The van der Waals surface area contributed by atoms with E-state index in [1.54, 1.807) is 30.3 Å². The van der Waals surface area contributed by atoms with E-state index >= 15 is 0 Å². The minimum atomic E-state index is -1.03. The Balaban J connectivity index is 1.43. The number of nitrogens with zero attached hydrogens (tertiary/aromatic N) is 1. The average Bonchev–Trinajstić information content (AvgIpc) is 3.23. The SMILES string of the molecule is CC(OC(=O)c1ccc2nc(-c3ccccc3)[nH]c2c1)C(=O)Nc1ccc(C(N)=O)cc1. The third kappa shape index (κ3) is 4.49. The van der Waals surface area contributed by atoms with Gasteiger partial charge in [0.25, 0.3) is 5.91 Å². The molecule has 0 spiro atoms. The van der Waals surface area contributed by atoms with Crippen LogP contribution in [0.4, 0.5) is 5.69 Å². The van der Waals surface area contributed by atoms with E-state index in [0.29, 0.717) is 33.7 Å². The van der Waals surface area contributed by atoms with Crippen LogP contribution in [0.1, 0.15) is 27.6 Å². The van der Waals surface area contributed by atoms with Crippen molar-refractivity contribution in [3.8, 4) is 11.4 Å². The van der Waals surface area contributed by atoms with Crippen LogP contribution in [0.25, 0.3) is 22.4 Å². The number of aromatic nitrogens is 2. The van der Waals surface area contributed by atoms with Crippen LogP contribution in [0.5, 0.6) is 0 Å². The zero-order valence-electron chi connectivity index (χ0n) is 17.2. The first-order valence-electron chi connectivity index (χ1n) is 9.87. The van der Waals surface area contributed by atoms with E-state index in [1.165, 1.54) is 19.1 Å². The van der Waals surface area contributed by atoms with Gasteiger partial charge >= 0.3 is 5.97 Å². The molecule has 0 saturated carbocycles. The van der Waals surface area contributed by atoms with Crippen LogP contribution in [0, 0.1) is 0 Å². The first kappa shape index (κ1) is 20.8. The van der Waals surface area contributed by atoms with Gasteiger partial charge in [-0.15, -0.1) is 0 Å². The van der Waals surface area contributed by atoms with Gasteiger partial charge in [0.2, 0.25) is 5.91 Å². The number of benzene rings is 3. The summed E-state index contributed by atoms with van der Waals surface area (Å²) in [4.78, 5) is 43.8. The van der Waals surface area contributed by atoms with Crippen LogP contribution >= 0.6 is 0 Å². The van der Waals surface area contributed by atoms with Gasteiger partial charge in [-0.05, 0) is 49.4 Å². The molecule has 8 nitrogen and oxygen atoms in total. The van der Waals surface area contributed by atoms with Crippen molar-refractivity contribution in [1.82, 2.24) is 9.97 Å². The molecule has 0 bridgehead atoms. The lowest BCUT2D eigenvalue weighted by Gasteiger charge is -2.13. The number of fused-ring (bicyclic) bond motifs is 1. The minimum absolute atomic E-state index is 0.297. The van der Waals surface area contributed by atoms with E-state index in [1.807, 2.05) is 30.3 Å². The van der Waals surface area contributed by atoms with Crippen molar-refractivity contribution in [3.63, 3.8) is 0 Å². The third-order valence-corrected chi connectivity index (χ3v) is 4.85. The smallest absolute Gasteiger partial charge is 0.338 e. The van der Waals surface area contributed by atoms with Crippen LogP contribution in [-0.2, 0) is 9.53 Å². The number of anilines is 1. The number of carbonyl (C=O) groups excluding carboxylic acids is 3. The Labute approximate surface area is 183 Å². The summed E-state index contributed by atoms with van der Waals surface area (Å²) in [5.74, 6) is -0.995. The molecule has 4 N–H and O–H groups in total. The van der Waals surface area contributed by atoms with Crippen LogP contribution in [-0.4, -0.2) is 33.9 Å². The molecule has 2 amide bonds. The Morgan fingerprint density at radius 1 is 0.969 bits per heavy atom. The Morgan fingerprint density at radius 2 is 1.66 bits per heavy atom. The number of hydrogen-bond donors (Lipinski definition) is 3. The van der Waals surface area contributed by atoms with Gasteiger partial charge in [0, 0.05) is 16.8 Å². The molecule has 0 aliphatic heterocycles. The van der Waals surface area contributed by atoms with Crippen molar-refractivity contribution in [2.45, 2.75) is 13.0 Å². The monoisotopic (exact) mass is 428 g/mol. The molecule has 8 heteroatoms. The van der Waals surface area contributed by atoms with Crippen LogP contribution in [0.2, 0.25) is 0 Å². The molecule has 0 saturated heterocycles. The van der Waals surface area contributed by atoms with E-state index in [9.17, 15) is 14.4 Å². The minimum Gasteiger partial charge on any atom is -0.449 e. The molecule has 32 heavy (non-hydrogen) atoms. The second kappa shape index (κ2) is 8.73. The number of primary amides is 1. The van der Waals surface area contributed by atoms with Gasteiger partial charge in [0.15, 0.2) is 6.10 Å². The molecular formula is C24H20N4O4. The highest BCUT2D eigenvalue weighted by atomic mass is 16.5. The van der Waals surface area contributed by atoms with E-state index in [0.717, 1.165) is 5.56 Å². The molecule has 0 aliphatic rings. The lowest BCUT2D eigenvalue weighted by Crippen LogP contribution is -2.30. The first-order valence-corrected chi connectivity index (χ1v) is 9.87. The number of rotatable bonds is 6. The van der Waals surface area contributed by atoms with E-state index < -0.39 is 23.9 Å². The topological polar surface area (TPSA) is 127 Å². The predicted molar refractivity (Wildman–Crippen MR) is 120 cm³/mol. The number of nitrogens with two attached hydrogens (primary N) is 1. The molecule has 0 radical (unpaired) electrons. The molecule has 4 aromatic rings. The maximum absolute atomic E-state index is 12.6. The standard InChI is InChI=1S/C24H20N4O4/c1-14(23(30)26-18-10-7-15(8-11-18)21(25)29)32-24(31)17-9-12-19-20(13-17)28-22(27-19)16-5-3-2-4-6-16/h2-14H,1H3,(H2,25,29)(H,26,30)(H,27,28). The van der Waals surface area contributed by atoms with Gasteiger partial charge in [0.05, 0.1) is 16.6 Å². The number of imidazole rings is 1. The van der Waals surface area contributed by atoms with Crippen molar-refractivity contribution in [3.05, 3.63) is 83.9 Å². The second-order valence-electron chi connectivity index (χ2n) is 7.16. The summed E-state index contributed by atoms with van der Waals surface area (Å²) in [6.07, 6.45) is -1.03. The summed E-state index contributed by atoms with van der Waals surface area (Å²) in [7, 11) is 0. The lowest BCUT2D eigenvalue weighted by atomic mass is 10.2. The van der Waals surface area contributed by atoms with E-state index in [2.05, 4.69) is 15.3 Å². The van der Waals surface area contributed by atoms with E-state index in [-0.39, 0.29) is 0 Å². The maximum atomic E-state index is 12.6. The van der Waals surface area contributed by atoms with Gasteiger partial charge in [-0.25, -0.2) is 9.78 Å². The molecule has 4 rings (SSSR count). The number of hydrogen-bond acceptors (Lipinski definition) is 5. The van der Waals surface area contributed by atoms with Gasteiger partial charge < -0.3 is 20.8 Å². The van der Waals surface area contributed by atoms with Gasteiger partial charge in [-0.1, -0.05) is 30.3 Å². The molecule has 1 aromatic heterocycles. The molecule has 1 unspecified atom stereocenters. The Bertz CT molecular complexity index is 1300. The zero-order chi connectivity index (χ0) is 22.7. The molecule has 3 aromatic carbocycles. The van der Waals surface area contributed by atoms with Crippen LogP contribution < -0.4 is 11.1 Å². The molecule has 160 valence electrons. The lowest BCUT2D eigenvalue weighted by molar-refractivity contribution is -0.123. The normalized spacial score (nSPS) is 11.7. The molecule has 0 aliphatic carbocycles. The Morgan fingerprint density at radius 3 is 2.34 bits per heavy atom. The number of ether oxygens (including phenoxy) is 1. The first-order chi connectivity index (χ1) is 15.4.